The van der Waals surface area contributed by atoms with E-state index in [1.165, 1.54) is 0 Å². The Labute approximate surface area is 159 Å². The summed E-state index contributed by atoms with van der Waals surface area (Å²) in [5.41, 5.74) is 0. The van der Waals surface area contributed by atoms with Gasteiger partial charge in [0.15, 0.2) is 6.61 Å². The number of carbonyl (C=O) groups excluding carboxylic acids is 2. The van der Waals surface area contributed by atoms with E-state index in [1.54, 1.807) is 17.0 Å². The first-order chi connectivity index (χ1) is 13.0. The maximum atomic E-state index is 12.5. The van der Waals surface area contributed by atoms with Crippen molar-refractivity contribution < 1.29 is 24.2 Å². The summed E-state index contributed by atoms with van der Waals surface area (Å²) in [5.74, 6) is -1.24. The largest absolute Gasteiger partial charge is 0.484 e. The van der Waals surface area contributed by atoms with Gasteiger partial charge >= 0.3 is 5.97 Å². The van der Waals surface area contributed by atoms with Crippen LogP contribution in [0, 0.1) is 5.92 Å². The Morgan fingerprint density at radius 1 is 1.30 bits per heavy atom. The third kappa shape index (κ3) is 6.58. The van der Waals surface area contributed by atoms with Gasteiger partial charge in [-0.1, -0.05) is 38.0 Å². The third-order valence-electron chi connectivity index (χ3n) is 4.71. The van der Waals surface area contributed by atoms with Gasteiger partial charge in [0, 0.05) is 13.1 Å². The molecular formula is C20H28N2O5. The number of likely N-dealkylation sites (tertiary alicyclic amines) is 1. The number of hydrogen-bond acceptors (Lipinski definition) is 4. The van der Waals surface area contributed by atoms with Crippen molar-refractivity contribution in [1.29, 1.82) is 0 Å². The zero-order valence-electron chi connectivity index (χ0n) is 15.7. The lowest BCUT2D eigenvalue weighted by Crippen LogP contribution is -2.50. The number of para-hydroxylation sites is 1. The Kier molecular flexibility index (Phi) is 8.10. The Morgan fingerprint density at radius 3 is 2.70 bits per heavy atom. The number of carboxylic acid groups (broad SMARTS) is 1. The number of unbranched alkanes of at least 4 members (excludes halogenated alkanes) is 1. The lowest BCUT2D eigenvalue weighted by molar-refractivity contribution is -0.144. The summed E-state index contributed by atoms with van der Waals surface area (Å²) >= 11 is 0. The second-order valence-electron chi connectivity index (χ2n) is 6.82. The number of carboxylic acids is 1. The number of carbonyl (C=O) groups is 3. The summed E-state index contributed by atoms with van der Waals surface area (Å²) in [5, 5.41) is 11.9. The van der Waals surface area contributed by atoms with Gasteiger partial charge < -0.3 is 20.1 Å². The van der Waals surface area contributed by atoms with Gasteiger partial charge in [-0.05, 0) is 31.4 Å². The topological polar surface area (TPSA) is 95.9 Å². The molecule has 2 unspecified atom stereocenters. The molecule has 2 atom stereocenters. The highest BCUT2D eigenvalue weighted by atomic mass is 16.5. The van der Waals surface area contributed by atoms with Crippen LogP contribution in [0.2, 0.25) is 0 Å². The molecule has 0 radical (unpaired) electrons. The molecule has 1 aliphatic rings. The van der Waals surface area contributed by atoms with Crippen molar-refractivity contribution in [3.63, 3.8) is 0 Å². The van der Waals surface area contributed by atoms with Gasteiger partial charge in [0.2, 0.25) is 5.91 Å². The van der Waals surface area contributed by atoms with Crippen LogP contribution in [0.1, 0.15) is 39.0 Å². The first kappa shape index (κ1) is 20.7. The van der Waals surface area contributed by atoms with Crippen LogP contribution in [0.3, 0.4) is 0 Å². The number of piperidine rings is 1. The summed E-state index contributed by atoms with van der Waals surface area (Å²) in [7, 11) is 0. The standard InChI is InChI=1S/C20H28N2O5/c1-2-3-11-17(20(25)26)21-19(24)15-8-7-12-22(13-15)18(23)14-27-16-9-5-4-6-10-16/h4-6,9-10,15,17H,2-3,7-8,11-14H2,1H3,(H,21,24)(H,25,26). The molecule has 7 nitrogen and oxygen atoms in total. The summed E-state index contributed by atoms with van der Waals surface area (Å²) in [6.45, 7) is 2.78. The maximum Gasteiger partial charge on any atom is 0.326 e. The van der Waals surface area contributed by atoms with Crippen molar-refractivity contribution in [3.8, 4) is 5.75 Å². The number of rotatable bonds is 9. The average Bonchev–Trinajstić information content (AvgIpc) is 2.69. The van der Waals surface area contributed by atoms with Crippen molar-refractivity contribution in [3.05, 3.63) is 30.3 Å². The van der Waals surface area contributed by atoms with Crippen LogP contribution in [0.4, 0.5) is 0 Å². The molecule has 0 bridgehead atoms. The normalized spacial score (nSPS) is 17.8. The fourth-order valence-corrected chi connectivity index (χ4v) is 3.13. The number of hydrogen-bond donors (Lipinski definition) is 2. The molecule has 0 aliphatic carbocycles. The second-order valence-corrected chi connectivity index (χ2v) is 6.82. The molecule has 7 heteroatoms. The van der Waals surface area contributed by atoms with Crippen molar-refractivity contribution in [1.82, 2.24) is 10.2 Å². The summed E-state index contributed by atoms with van der Waals surface area (Å²) in [6.07, 6.45) is 3.38. The smallest absolute Gasteiger partial charge is 0.326 e. The molecule has 1 heterocycles. The zero-order chi connectivity index (χ0) is 19.6. The number of ether oxygens (including phenoxy) is 1. The van der Waals surface area contributed by atoms with Gasteiger partial charge in [-0.2, -0.15) is 0 Å². The Hall–Kier alpha value is -2.57. The number of nitrogens with one attached hydrogen (secondary N) is 1. The molecular weight excluding hydrogens is 348 g/mol. The van der Waals surface area contributed by atoms with E-state index in [0.717, 1.165) is 12.8 Å². The first-order valence-electron chi connectivity index (χ1n) is 9.50. The van der Waals surface area contributed by atoms with Gasteiger partial charge in [0.05, 0.1) is 5.92 Å². The van der Waals surface area contributed by atoms with Crippen LogP contribution in [-0.2, 0) is 14.4 Å². The molecule has 0 spiro atoms. The molecule has 2 amide bonds. The molecule has 1 fully saturated rings. The van der Waals surface area contributed by atoms with E-state index >= 15 is 0 Å². The molecule has 1 saturated heterocycles. The molecule has 2 rings (SSSR count). The Bertz CT molecular complexity index is 635. The highest BCUT2D eigenvalue weighted by molar-refractivity contribution is 5.86. The SMILES string of the molecule is CCCCC(NC(=O)C1CCCN(C(=O)COc2ccccc2)C1)C(=O)O. The van der Waals surface area contributed by atoms with Crippen LogP contribution in [0.5, 0.6) is 5.75 Å². The van der Waals surface area contributed by atoms with Gasteiger partial charge in [-0.15, -0.1) is 0 Å². The van der Waals surface area contributed by atoms with Crippen molar-refractivity contribution >= 4 is 17.8 Å². The summed E-state index contributed by atoms with van der Waals surface area (Å²) in [4.78, 5) is 37.8. The van der Waals surface area contributed by atoms with E-state index < -0.39 is 12.0 Å². The second kappa shape index (κ2) is 10.5. The molecule has 1 aliphatic heterocycles. The molecule has 0 aromatic heterocycles. The molecule has 1 aromatic carbocycles. The fraction of sp³-hybridized carbons (Fsp3) is 0.550. The van der Waals surface area contributed by atoms with E-state index in [-0.39, 0.29) is 24.3 Å². The van der Waals surface area contributed by atoms with E-state index in [2.05, 4.69) is 5.32 Å². The molecule has 27 heavy (non-hydrogen) atoms. The number of nitrogens with zero attached hydrogens (tertiary/aromatic N) is 1. The van der Waals surface area contributed by atoms with Gasteiger partial charge in [0.1, 0.15) is 11.8 Å². The van der Waals surface area contributed by atoms with Crippen LogP contribution in [0.25, 0.3) is 0 Å². The van der Waals surface area contributed by atoms with Crippen LogP contribution < -0.4 is 10.1 Å². The summed E-state index contributed by atoms with van der Waals surface area (Å²) in [6, 6.07) is 8.22. The minimum Gasteiger partial charge on any atom is -0.484 e. The molecule has 0 saturated carbocycles. The minimum atomic E-state index is -1.02. The highest BCUT2D eigenvalue weighted by Gasteiger charge is 2.30. The number of aliphatic carboxylic acids is 1. The lowest BCUT2D eigenvalue weighted by atomic mass is 9.96. The van der Waals surface area contributed by atoms with Gasteiger partial charge in [-0.25, -0.2) is 4.79 Å². The van der Waals surface area contributed by atoms with Crippen LogP contribution >= 0.6 is 0 Å². The number of amides is 2. The van der Waals surface area contributed by atoms with Crippen molar-refractivity contribution in [2.45, 2.75) is 45.1 Å². The zero-order valence-corrected chi connectivity index (χ0v) is 15.7. The van der Waals surface area contributed by atoms with Gasteiger partial charge in [0.25, 0.3) is 5.91 Å². The lowest BCUT2D eigenvalue weighted by Gasteiger charge is -2.32. The summed E-state index contributed by atoms with van der Waals surface area (Å²) < 4.78 is 5.49. The predicted molar refractivity (Wildman–Crippen MR) is 100 cm³/mol. The fourth-order valence-electron chi connectivity index (χ4n) is 3.13. The minimum absolute atomic E-state index is 0.0768. The van der Waals surface area contributed by atoms with Crippen molar-refractivity contribution in [2.75, 3.05) is 19.7 Å². The van der Waals surface area contributed by atoms with Crippen LogP contribution in [-0.4, -0.2) is 53.5 Å². The maximum absolute atomic E-state index is 12.5. The Balaban J connectivity index is 1.85. The van der Waals surface area contributed by atoms with E-state index in [9.17, 15) is 19.5 Å². The van der Waals surface area contributed by atoms with Crippen LogP contribution in [0.15, 0.2) is 30.3 Å². The monoisotopic (exact) mass is 376 g/mol. The molecule has 148 valence electrons. The quantitative estimate of drug-likeness (QED) is 0.688. The highest BCUT2D eigenvalue weighted by Crippen LogP contribution is 2.18. The van der Waals surface area contributed by atoms with E-state index in [0.29, 0.717) is 38.1 Å². The predicted octanol–water partition coefficient (Wildman–Crippen LogP) is 2.06. The average molecular weight is 376 g/mol. The van der Waals surface area contributed by atoms with E-state index in [1.807, 2.05) is 25.1 Å². The third-order valence-corrected chi connectivity index (χ3v) is 4.71. The molecule has 2 N–H and O–H groups in total. The van der Waals surface area contributed by atoms with Crippen molar-refractivity contribution in [2.24, 2.45) is 5.92 Å². The Morgan fingerprint density at radius 2 is 2.04 bits per heavy atom. The first-order valence-corrected chi connectivity index (χ1v) is 9.50. The van der Waals surface area contributed by atoms with Gasteiger partial charge in [-0.3, -0.25) is 9.59 Å². The number of benzene rings is 1. The molecule has 1 aromatic rings. The van der Waals surface area contributed by atoms with E-state index in [4.69, 9.17) is 4.74 Å².